The van der Waals surface area contributed by atoms with Crippen LogP contribution in [0.25, 0.3) is 0 Å². The van der Waals surface area contributed by atoms with E-state index in [0.29, 0.717) is 25.2 Å². The van der Waals surface area contributed by atoms with Crippen LogP contribution in [0.4, 0.5) is 0 Å². The van der Waals surface area contributed by atoms with E-state index in [1.165, 1.54) is 26.9 Å². The SMILES string of the molecule is CCc1ccc(CN(C)C(=O)COC(=O)c2cc(S(=O)(=O)N(CC)CC)ccc2C)cc1. The highest BCUT2D eigenvalue weighted by atomic mass is 32.2. The van der Waals surface area contributed by atoms with Gasteiger partial charge in [0.2, 0.25) is 10.0 Å². The summed E-state index contributed by atoms with van der Waals surface area (Å²) >= 11 is 0. The Morgan fingerprint density at radius 3 is 2.09 bits per heavy atom. The van der Waals surface area contributed by atoms with Crippen molar-refractivity contribution in [3.05, 3.63) is 64.7 Å². The summed E-state index contributed by atoms with van der Waals surface area (Å²) in [6, 6.07) is 12.4. The molecule has 2 rings (SSSR count). The molecule has 0 unspecified atom stereocenters. The molecular weight excluding hydrogens is 428 g/mol. The lowest BCUT2D eigenvalue weighted by Crippen LogP contribution is -2.31. The first-order valence-corrected chi connectivity index (χ1v) is 12.2. The predicted molar refractivity (Wildman–Crippen MR) is 124 cm³/mol. The maximum Gasteiger partial charge on any atom is 0.338 e. The molecule has 0 heterocycles. The molecule has 0 saturated carbocycles. The standard InChI is InChI=1S/C24H32N2O5S/c1-6-19-10-12-20(13-11-19)16-25(5)23(27)17-31-24(28)22-15-21(14-9-18(22)4)32(29,30)26(7-2)8-3/h9-15H,6-8,16-17H2,1-5H3. The highest BCUT2D eigenvalue weighted by Crippen LogP contribution is 2.20. The minimum Gasteiger partial charge on any atom is -0.452 e. The molecule has 174 valence electrons. The van der Waals surface area contributed by atoms with Gasteiger partial charge in [0.1, 0.15) is 0 Å². The zero-order chi connectivity index (χ0) is 23.9. The van der Waals surface area contributed by atoms with Gasteiger partial charge in [-0.1, -0.05) is 51.1 Å². The highest BCUT2D eigenvalue weighted by Gasteiger charge is 2.24. The molecule has 0 N–H and O–H groups in total. The lowest BCUT2D eigenvalue weighted by atomic mass is 10.1. The van der Waals surface area contributed by atoms with Crippen LogP contribution in [-0.2, 0) is 32.5 Å². The van der Waals surface area contributed by atoms with Gasteiger partial charge < -0.3 is 9.64 Å². The monoisotopic (exact) mass is 460 g/mol. The van der Waals surface area contributed by atoms with E-state index >= 15 is 0 Å². The molecule has 0 saturated heterocycles. The molecule has 0 spiro atoms. The van der Waals surface area contributed by atoms with E-state index in [9.17, 15) is 18.0 Å². The molecule has 2 aromatic rings. The normalized spacial score (nSPS) is 11.4. The number of rotatable bonds is 10. The van der Waals surface area contributed by atoms with Crippen molar-refractivity contribution >= 4 is 21.9 Å². The summed E-state index contributed by atoms with van der Waals surface area (Å²) in [5.41, 5.74) is 2.90. The molecule has 2 aromatic carbocycles. The van der Waals surface area contributed by atoms with Crippen LogP contribution in [0.15, 0.2) is 47.4 Å². The second-order valence-corrected chi connectivity index (χ2v) is 9.50. The molecule has 1 amide bonds. The topological polar surface area (TPSA) is 84.0 Å². The second-order valence-electron chi connectivity index (χ2n) is 7.56. The average Bonchev–Trinajstić information content (AvgIpc) is 2.78. The van der Waals surface area contributed by atoms with Crippen LogP contribution in [0.5, 0.6) is 0 Å². The molecule has 0 aliphatic carbocycles. The molecular formula is C24H32N2O5S. The fourth-order valence-corrected chi connectivity index (χ4v) is 4.74. The molecule has 32 heavy (non-hydrogen) atoms. The van der Waals surface area contributed by atoms with Gasteiger partial charge in [-0.3, -0.25) is 4.79 Å². The summed E-state index contributed by atoms with van der Waals surface area (Å²) in [5.74, 6) is -1.07. The van der Waals surface area contributed by atoms with Gasteiger partial charge in [0, 0.05) is 26.7 Å². The Hall–Kier alpha value is -2.71. The van der Waals surface area contributed by atoms with Gasteiger partial charge in [0.15, 0.2) is 6.61 Å². The number of nitrogens with zero attached hydrogens (tertiary/aromatic N) is 2. The summed E-state index contributed by atoms with van der Waals surface area (Å²) in [6.07, 6.45) is 0.946. The molecule has 0 aliphatic heterocycles. The van der Waals surface area contributed by atoms with Crippen molar-refractivity contribution in [1.82, 2.24) is 9.21 Å². The lowest BCUT2D eigenvalue weighted by molar-refractivity contribution is -0.133. The maximum absolute atomic E-state index is 12.8. The zero-order valence-corrected chi connectivity index (χ0v) is 20.2. The fourth-order valence-electron chi connectivity index (χ4n) is 3.25. The van der Waals surface area contributed by atoms with Gasteiger partial charge in [-0.25, -0.2) is 13.2 Å². The van der Waals surface area contributed by atoms with Crippen LogP contribution in [0, 0.1) is 6.92 Å². The van der Waals surface area contributed by atoms with Gasteiger partial charge in [-0.2, -0.15) is 4.31 Å². The molecule has 0 fully saturated rings. The van der Waals surface area contributed by atoms with Crippen molar-refractivity contribution in [2.75, 3.05) is 26.7 Å². The third-order valence-electron chi connectivity index (χ3n) is 5.38. The molecule has 0 aliphatic rings. The summed E-state index contributed by atoms with van der Waals surface area (Å²) in [5, 5.41) is 0. The number of benzene rings is 2. The number of hydrogen-bond acceptors (Lipinski definition) is 5. The van der Waals surface area contributed by atoms with Crippen LogP contribution < -0.4 is 0 Å². The number of ether oxygens (including phenoxy) is 1. The number of sulfonamides is 1. The van der Waals surface area contributed by atoms with E-state index in [2.05, 4.69) is 6.92 Å². The van der Waals surface area contributed by atoms with Gasteiger partial charge in [-0.15, -0.1) is 0 Å². The number of likely N-dealkylation sites (N-methyl/N-ethyl adjacent to an activating group) is 1. The first-order valence-electron chi connectivity index (χ1n) is 10.7. The Bertz CT molecular complexity index is 1040. The van der Waals surface area contributed by atoms with Crippen molar-refractivity contribution < 1.29 is 22.7 Å². The van der Waals surface area contributed by atoms with Crippen LogP contribution in [0.1, 0.15) is 47.8 Å². The number of hydrogen-bond donors (Lipinski definition) is 0. The predicted octanol–water partition coefficient (Wildman–Crippen LogP) is 3.40. The van der Waals surface area contributed by atoms with Gasteiger partial charge in [-0.05, 0) is 42.2 Å². The summed E-state index contributed by atoms with van der Waals surface area (Å²) in [4.78, 5) is 26.6. The molecule has 0 aromatic heterocycles. The minimum atomic E-state index is -3.71. The molecule has 0 atom stereocenters. The Kier molecular flexibility index (Phi) is 8.98. The number of carbonyl (C=O) groups is 2. The van der Waals surface area contributed by atoms with Crippen molar-refractivity contribution in [1.29, 1.82) is 0 Å². The Morgan fingerprint density at radius 2 is 1.53 bits per heavy atom. The Labute approximate surface area is 191 Å². The van der Waals surface area contributed by atoms with E-state index in [4.69, 9.17) is 4.74 Å². The molecule has 7 nitrogen and oxygen atoms in total. The highest BCUT2D eigenvalue weighted by molar-refractivity contribution is 7.89. The molecule has 0 radical (unpaired) electrons. The largest absolute Gasteiger partial charge is 0.452 e. The summed E-state index contributed by atoms with van der Waals surface area (Å²) < 4.78 is 32.1. The fraction of sp³-hybridized carbons (Fsp3) is 0.417. The summed E-state index contributed by atoms with van der Waals surface area (Å²) in [6.45, 7) is 7.91. The third-order valence-corrected chi connectivity index (χ3v) is 7.42. The zero-order valence-electron chi connectivity index (χ0n) is 19.4. The van der Waals surface area contributed by atoms with Crippen molar-refractivity contribution in [2.24, 2.45) is 0 Å². The quantitative estimate of drug-likeness (QED) is 0.508. The van der Waals surface area contributed by atoms with E-state index in [1.807, 2.05) is 24.3 Å². The van der Waals surface area contributed by atoms with E-state index in [-0.39, 0.29) is 16.4 Å². The third kappa shape index (κ3) is 6.17. The minimum absolute atomic E-state index is 0.0257. The van der Waals surface area contributed by atoms with Crippen LogP contribution >= 0.6 is 0 Å². The Morgan fingerprint density at radius 1 is 0.938 bits per heavy atom. The number of carbonyl (C=O) groups excluding carboxylic acids is 2. The number of esters is 1. The molecule has 8 heteroatoms. The first-order chi connectivity index (χ1) is 15.1. The van der Waals surface area contributed by atoms with E-state index < -0.39 is 22.6 Å². The average molecular weight is 461 g/mol. The van der Waals surface area contributed by atoms with Crippen molar-refractivity contribution in [3.8, 4) is 0 Å². The van der Waals surface area contributed by atoms with Gasteiger partial charge in [0.25, 0.3) is 5.91 Å². The van der Waals surface area contributed by atoms with E-state index in [0.717, 1.165) is 12.0 Å². The van der Waals surface area contributed by atoms with Gasteiger partial charge in [0.05, 0.1) is 10.5 Å². The Balaban J connectivity index is 2.06. The van der Waals surface area contributed by atoms with Crippen molar-refractivity contribution in [2.45, 2.75) is 45.6 Å². The smallest absolute Gasteiger partial charge is 0.338 e. The lowest BCUT2D eigenvalue weighted by Gasteiger charge is -2.19. The summed E-state index contributed by atoms with van der Waals surface area (Å²) in [7, 11) is -2.06. The van der Waals surface area contributed by atoms with Crippen LogP contribution in [0.3, 0.4) is 0 Å². The first kappa shape index (κ1) is 25.5. The number of amides is 1. The van der Waals surface area contributed by atoms with Gasteiger partial charge >= 0.3 is 5.97 Å². The van der Waals surface area contributed by atoms with E-state index in [1.54, 1.807) is 33.9 Å². The van der Waals surface area contributed by atoms with Crippen LogP contribution in [0.2, 0.25) is 0 Å². The maximum atomic E-state index is 12.8. The second kappa shape index (κ2) is 11.2. The molecule has 0 bridgehead atoms. The van der Waals surface area contributed by atoms with Crippen LogP contribution in [-0.4, -0.2) is 56.2 Å². The number of aryl methyl sites for hydroxylation is 2. The van der Waals surface area contributed by atoms with Crippen molar-refractivity contribution in [3.63, 3.8) is 0 Å².